The highest BCUT2D eigenvalue weighted by Gasteiger charge is 2.38. The molecule has 3 rings (SSSR count). The molecule has 0 aliphatic heterocycles. The summed E-state index contributed by atoms with van der Waals surface area (Å²) >= 11 is 0. The van der Waals surface area contributed by atoms with Crippen molar-refractivity contribution < 1.29 is 9.84 Å². The van der Waals surface area contributed by atoms with Crippen LogP contribution in [0.5, 0.6) is 0 Å². The molecule has 1 aliphatic carbocycles. The Kier molecular flexibility index (Phi) is 4.37. The molecule has 110 valence electrons. The Morgan fingerprint density at radius 1 is 0.952 bits per heavy atom. The van der Waals surface area contributed by atoms with Gasteiger partial charge in [0.05, 0.1) is 6.10 Å². The first kappa shape index (κ1) is 14.3. The molecule has 1 saturated carbocycles. The predicted octanol–water partition coefficient (Wildman–Crippen LogP) is 4.28. The minimum Gasteiger partial charge on any atom is -0.368 e. The van der Waals surface area contributed by atoms with Crippen LogP contribution in [0.15, 0.2) is 60.7 Å². The van der Waals surface area contributed by atoms with E-state index in [2.05, 4.69) is 24.3 Å². The van der Waals surface area contributed by atoms with Crippen LogP contribution in [0.2, 0.25) is 0 Å². The third-order valence-electron chi connectivity index (χ3n) is 4.53. The van der Waals surface area contributed by atoms with Gasteiger partial charge in [-0.1, -0.05) is 60.7 Å². The highest BCUT2D eigenvalue weighted by molar-refractivity contribution is 5.23. The van der Waals surface area contributed by atoms with Crippen LogP contribution >= 0.6 is 0 Å². The first-order chi connectivity index (χ1) is 10.3. The van der Waals surface area contributed by atoms with Crippen LogP contribution in [0.4, 0.5) is 0 Å². The maximum Gasteiger partial charge on any atom is 0.158 e. The van der Waals surface area contributed by atoms with Crippen LogP contribution in [0.1, 0.15) is 42.9 Å². The maximum absolute atomic E-state index is 10.4. The van der Waals surface area contributed by atoms with Gasteiger partial charge in [0.15, 0.2) is 6.29 Å². The summed E-state index contributed by atoms with van der Waals surface area (Å²) < 4.78 is 5.85. The van der Waals surface area contributed by atoms with Crippen molar-refractivity contribution in [3.63, 3.8) is 0 Å². The molecule has 2 unspecified atom stereocenters. The Bertz CT molecular complexity index is 552. The summed E-state index contributed by atoms with van der Waals surface area (Å²) in [5.41, 5.74) is 2.41. The molecular weight excluding hydrogens is 260 g/mol. The summed E-state index contributed by atoms with van der Waals surface area (Å²) in [4.78, 5) is 0. The van der Waals surface area contributed by atoms with Crippen molar-refractivity contribution >= 4 is 0 Å². The van der Waals surface area contributed by atoms with Gasteiger partial charge in [-0.25, -0.2) is 0 Å². The van der Waals surface area contributed by atoms with E-state index >= 15 is 0 Å². The molecule has 0 spiro atoms. The highest BCUT2D eigenvalue weighted by atomic mass is 16.6. The van der Waals surface area contributed by atoms with Crippen molar-refractivity contribution in [2.45, 2.75) is 38.1 Å². The zero-order valence-electron chi connectivity index (χ0n) is 12.4. The van der Waals surface area contributed by atoms with Gasteiger partial charge in [0, 0.05) is 5.92 Å². The predicted molar refractivity (Wildman–Crippen MR) is 83.9 cm³/mol. The van der Waals surface area contributed by atoms with Gasteiger partial charge in [-0.05, 0) is 36.8 Å². The SMILES string of the molecule is CC(OC(O)[C@@H]1CC[C@H]1c1ccccc1)c1ccccc1. The Morgan fingerprint density at radius 2 is 1.57 bits per heavy atom. The summed E-state index contributed by atoms with van der Waals surface area (Å²) in [5.74, 6) is 0.628. The number of benzene rings is 2. The number of hydrogen-bond acceptors (Lipinski definition) is 2. The molecule has 21 heavy (non-hydrogen) atoms. The van der Waals surface area contributed by atoms with Gasteiger partial charge >= 0.3 is 0 Å². The molecule has 2 nitrogen and oxygen atoms in total. The molecule has 2 aromatic carbocycles. The van der Waals surface area contributed by atoms with Gasteiger partial charge in [-0.2, -0.15) is 0 Å². The summed E-state index contributed by atoms with van der Waals surface area (Å²) in [6.45, 7) is 1.99. The fourth-order valence-electron chi connectivity index (χ4n) is 3.09. The quantitative estimate of drug-likeness (QED) is 0.830. The third kappa shape index (κ3) is 3.17. The number of rotatable bonds is 5. The molecule has 0 aromatic heterocycles. The number of aliphatic hydroxyl groups is 1. The summed E-state index contributed by atoms with van der Waals surface area (Å²) in [5, 5.41) is 10.4. The normalized spacial score (nSPS) is 24.1. The van der Waals surface area contributed by atoms with Gasteiger partial charge in [-0.15, -0.1) is 0 Å². The summed E-state index contributed by atoms with van der Waals surface area (Å²) in [6, 6.07) is 20.5. The first-order valence-corrected chi connectivity index (χ1v) is 7.69. The van der Waals surface area contributed by atoms with Crippen LogP contribution in [0, 0.1) is 5.92 Å². The van der Waals surface area contributed by atoms with Crippen molar-refractivity contribution in [1.82, 2.24) is 0 Å². The van der Waals surface area contributed by atoms with Crippen LogP contribution in [-0.2, 0) is 4.74 Å². The standard InChI is InChI=1S/C19H22O2/c1-14(15-8-4-2-5-9-15)21-19(20)18-13-12-17(18)16-10-6-3-7-11-16/h2-11,14,17-20H,12-13H2,1H3/t14?,17-,18+,19?/m0/s1. The van der Waals surface area contributed by atoms with E-state index in [1.165, 1.54) is 5.56 Å². The average Bonchev–Trinajstić information content (AvgIpc) is 2.48. The van der Waals surface area contributed by atoms with Crippen LogP contribution in [0.25, 0.3) is 0 Å². The van der Waals surface area contributed by atoms with Crippen LogP contribution < -0.4 is 0 Å². The maximum atomic E-state index is 10.4. The average molecular weight is 282 g/mol. The monoisotopic (exact) mass is 282 g/mol. The van der Waals surface area contributed by atoms with Crippen LogP contribution in [0.3, 0.4) is 0 Å². The van der Waals surface area contributed by atoms with E-state index in [4.69, 9.17) is 4.74 Å². The van der Waals surface area contributed by atoms with Crippen LogP contribution in [-0.4, -0.2) is 11.4 Å². The Labute approximate surface area is 126 Å². The topological polar surface area (TPSA) is 29.5 Å². The second kappa shape index (κ2) is 6.42. The molecule has 1 N–H and O–H groups in total. The van der Waals surface area contributed by atoms with E-state index < -0.39 is 6.29 Å². The van der Waals surface area contributed by atoms with E-state index in [-0.39, 0.29) is 12.0 Å². The fraction of sp³-hybridized carbons (Fsp3) is 0.368. The summed E-state index contributed by atoms with van der Waals surface area (Å²) in [7, 11) is 0. The molecule has 1 aliphatic rings. The fourth-order valence-corrected chi connectivity index (χ4v) is 3.09. The molecular formula is C19H22O2. The van der Waals surface area contributed by atoms with Crippen molar-refractivity contribution in [3.8, 4) is 0 Å². The van der Waals surface area contributed by atoms with Gasteiger partial charge in [0.1, 0.15) is 0 Å². The molecule has 2 aromatic rings. The smallest absolute Gasteiger partial charge is 0.158 e. The van der Waals surface area contributed by atoms with Crippen molar-refractivity contribution in [2.24, 2.45) is 5.92 Å². The molecule has 4 atom stereocenters. The molecule has 0 heterocycles. The lowest BCUT2D eigenvalue weighted by Crippen LogP contribution is -2.36. The van der Waals surface area contributed by atoms with Crippen molar-refractivity contribution in [1.29, 1.82) is 0 Å². The largest absolute Gasteiger partial charge is 0.368 e. The number of hydrogen-bond donors (Lipinski definition) is 1. The zero-order chi connectivity index (χ0) is 14.7. The first-order valence-electron chi connectivity index (χ1n) is 7.69. The third-order valence-corrected chi connectivity index (χ3v) is 4.53. The second-order valence-corrected chi connectivity index (χ2v) is 5.84. The second-order valence-electron chi connectivity index (χ2n) is 5.84. The lowest BCUT2D eigenvalue weighted by Gasteiger charge is -2.40. The Balaban J connectivity index is 1.62. The lowest BCUT2D eigenvalue weighted by atomic mass is 9.69. The molecule has 0 bridgehead atoms. The summed E-state index contributed by atoms with van der Waals surface area (Å²) in [6.07, 6.45) is 1.38. The van der Waals surface area contributed by atoms with E-state index in [0.29, 0.717) is 5.92 Å². The molecule has 0 radical (unpaired) electrons. The van der Waals surface area contributed by atoms with E-state index in [9.17, 15) is 5.11 Å². The lowest BCUT2D eigenvalue weighted by molar-refractivity contribution is -0.183. The number of ether oxygens (including phenoxy) is 1. The Morgan fingerprint density at radius 3 is 2.14 bits per heavy atom. The molecule has 0 saturated heterocycles. The molecule has 1 fully saturated rings. The zero-order valence-corrected chi connectivity index (χ0v) is 12.4. The van der Waals surface area contributed by atoms with E-state index in [1.807, 2.05) is 43.3 Å². The van der Waals surface area contributed by atoms with Gasteiger partial charge < -0.3 is 9.84 Å². The minimum atomic E-state index is -0.695. The van der Waals surface area contributed by atoms with Gasteiger partial charge in [-0.3, -0.25) is 0 Å². The van der Waals surface area contributed by atoms with Gasteiger partial charge in [0.2, 0.25) is 0 Å². The molecule has 2 heteroatoms. The van der Waals surface area contributed by atoms with Crippen molar-refractivity contribution in [2.75, 3.05) is 0 Å². The van der Waals surface area contributed by atoms with Crippen molar-refractivity contribution in [3.05, 3.63) is 71.8 Å². The highest BCUT2D eigenvalue weighted by Crippen LogP contribution is 2.45. The van der Waals surface area contributed by atoms with E-state index in [0.717, 1.165) is 18.4 Å². The molecule has 0 amide bonds. The Hall–Kier alpha value is -1.64. The minimum absolute atomic E-state index is 0.0850. The number of aliphatic hydroxyl groups excluding tert-OH is 1. The van der Waals surface area contributed by atoms with E-state index in [1.54, 1.807) is 0 Å². The van der Waals surface area contributed by atoms with Gasteiger partial charge in [0.25, 0.3) is 0 Å².